The van der Waals surface area contributed by atoms with Gasteiger partial charge in [-0.05, 0) is 31.4 Å². The quantitative estimate of drug-likeness (QED) is 0.670. The molecule has 2 rings (SSSR count). The van der Waals surface area contributed by atoms with E-state index in [2.05, 4.69) is 17.2 Å². The van der Waals surface area contributed by atoms with Gasteiger partial charge >= 0.3 is 0 Å². The first-order valence-corrected chi connectivity index (χ1v) is 7.39. The lowest BCUT2D eigenvalue weighted by Crippen LogP contribution is -2.37. The van der Waals surface area contributed by atoms with Crippen molar-refractivity contribution in [1.82, 2.24) is 10.2 Å². The van der Waals surface area contributed by atoms with Crippen molar-refractivity contribution in [1.29, 1.82) is 0 Å². The number of likely N-dealkylation sites (tertiary alicyclic amines) is 1. The standard InChI is InChI=1S/C17H22N2O/c20-17(19-14-5-2-6-15-19)11-13-18-12-7-10-16-8-3-1-4-9-16/h1,3-4,8-9,18H,2,5-6,11-15H2. The molecule has 0 aliphatic carbocycles. The van der Waals surface area contributed by atoms with Crippen LogP contribution in [0.2, 0.25) is 0 Å². The predicted molar refractivity (Wildman–Crippen MR) is 81.2 cm³/mol. The Morgan fingerprint density at radius 2 is 1.90 bits per heavy atom. The third kappa shape index (κ3) is 5.07. The van der Waals surface area contributed by atoms with Crippen LogP contribution in [0.1, 0.15) is 31.2 Å². The number of piperidine rings is 1. The van der Waals surface area contributed by atoms with Crippen LogP contribution in [0.3, 0.4) is 0 Å². The Morgan fingerprint density at radius 3 is 2.65 bits per heavy atom. The zero-order valence-electron chi connectivity index (χ0n) is 11.9. The molecule has 0 saturated carbocycles. The Hall–Kier alpha value is -1.79. The monoisotopic (exact) mass is 270 g/mol. The van der Waals surface area contributed by atoms with Crippen molar-refractivity contribution < 1.29 is 4.79 Å². The summed E-state index contributed by atoms with van der Waals surface area (Å²) in [5.74, 6) is 6.43. The highest BCUT2D eigenvalue weighted by Crippen LogP contribution is 2.09. The van der Waals surface area contributed by atoms with Gasteiger partial charge in [-0.1, -0.05) is 30.0 Å². The zero-order chi connectivity index (χ0) is 14.0. The van der Waals surface area contributed by atoms with E-state index < -0.39 is 0 Å². The minimum Gasteiger partial charge on any atom is -0.343 e. The second-order valence-electron chi connectivity index (χ2n) is 5.04. The van der Waals surface area contributed by atoms with Crippen LogP contribution in [-0.4, -0.2) is 37.0 Å². The molecule has 3 nitrogen and oxygen atoms in total. The second-order valence-corrected chi connectivity index (χ2v) is 5.04. The van der Waals surface area contributed by atoms with E-state index in [1.807, 2.05) is 35.2 Å². The maximum Gasteiger partial charge on any atom is 0.223 e. The summed E-state index contributed by atoms with van der Waals surface area (Å²) in [6.45, 7) is 3.21. The van der Waals surface area contributed by atoms with Gasteiger partial charge in [0, 0.05) is 31.6 Å². The third-order valence-corrected chi connectivity index (χ3v) is 3.44. The van der Waals surface area contributed by atoms with Gasteiger partial charge in [0.25, 0.3) is 0 Å². The summed E-state index contributed by atoms with van der Waals surface area (Å²) in [6, 6.07) is 9.93. The Balaban J connectivity index is 1.60. The molecule has 1 heterocycles. The zero-order valence-corrected chi connectivity index (χ0v) is 11.9. The summed E-state index contributed by atoms with van der Waals surface area (Å²) in [4.78, 5) is 13.9. The van der Waals surface area contributed by atoms with Gasteiger partial charge < -0.3 is 10.2 Å². The van der Waals surface area contributed by atoms with Gasteiger partial charge in [0.1, 0.15) is 0 Å². The first-order chi connectivity index (χ1) is 9.86. The van der Waals surface area contributed by atoms with Gasteiger partial charge in [0.05, 0.1) is 6.54 Å². The van der Waals surface area contributed by atoms with Crippen LogP contribution < -0.4 is 5.32 Å². The molecule has 1 aliphatic rings. The maximum atomic E-state index is 11.9. The number of carbonyl (C=O) groups is 1. The number of amides is 1. The molecular weight excluding hydrogens is 248 g/mol. The van der Waals surface area contributed by atoms with Gasteiger partial charge in [-0.3, -0.25) is 4.79 Å². The number of carbonyl (C=O) groups excluding carboxylic acids is 1. The molecule has 0 spiro atoms. The number of hydrogen-bond acceptors (Lipinski definition) is 2. The van der Waals surface area contributed by atoms with E-state index in [-0.39, 0.29) is 5.91 Å². The molecule has 0 bridgehead atoms. The first-order valence-electron chi connectivity index (χ1n) is 7.39. The molecule has 0 atom stereocenters. The van der Waals surface area contributed by atoms with Crippen molar-refractivity contribution in [3.63, 3.8) is 0 Å². The van der Waals surface area contributed by atoms with Crippen LogP contribution in [0, 0.1) is 11.8 Å². The summed E-state index contributed by atoms with van der Waals surface area (Å²) >= 11 is 0. The van der Waals surface area contributed by atoms with Gasteiger partial charge in [-0.15, -0.1) is 0 Å². The molecule has 1 amide bonds. The van der Waals surface area contributed by atoms with Crippen molar-refractivity contribution in [3.8, 4) is 11.8 Å². The summed E-state index contributed by atoms with van der Waals surface area (Å²) in [5.41, 5.74) is 1.03. The summed E-state index contributed by atoms with van der Waals surface area (Å²) in [5, 5.41) is 3.20. The topological polar surface area (TPSA) is 32.3 Å². The molecule has 106 valence electrons. The van der Waals surface area contributed by atoms with E-state index in [4.69, 9.17) is 0 Å². The highest BCUT2D eigenvalue weighted by atomic mass is 16.2. The molecule has 0 unspecified atom stereocenters. The average Bonchev–Trinajstić information content (AvgIpc) is 2.52. The second kappa shape index (κ2) is 8.39. The van der Waals surface area contributed by atoms with Crippen LogP contribution >= 0.6 is 0 Å². The molecule has 20 heavy (non-hydrogen) atoms. The molecule has 1 aromatic carbocycles. The summed E-state index contributed by atoms with van der Waals surface area (Å²) in [6.07, 6.45) is 4.15. The number of nitrogens with zero attached hydrogens (tertiary/aromatic N) is 1. The molecule has 0 aromatic heterocycles. The largest absolute Gasteiger partial charge is 0.343 e. The Labute approximate surface area is 121 Å². The minimum absolute atomic E-state index is 0.271. The molecule has 1 saturated heterocycles. The van der Waals surface area contributed by atoms with Crippen LogP contribution in [-0.2, 0) is 4.79 Å². The van der Waals surface area contributed by atoms with E-state index >= 15 is 0 Å². The SMILES string of the molecule is O=C(CCNCC#Cc1ccccc1)N1CCCCC1. The number of nitrogens with one attached hydrogen (secondary N) is 1. The van der Waals surface area contributed by atoms with Crippen LogP contribution in [0.25, 0.3) is 0 Å². The lowest BCUT2D eigenvalue weighted by Gasteiger charge is -2.26. The minimum atomic E-state index is 0.271. The first kappa shape index (κ1) is 14.6. The molecule has 0 radical (unpaired) electrons. The Bertz CT molecular complexity index is 467. The summed E-state index contributed by atoms with van der Waals surface area (Å²) < 4.78 is 0. The van der Waals surface area contributed by atoms with Gasteiger partial charge in [0.2, 0.25) is 5.91 Å². The van der Waals surface area contributed by atoms with E-state index in [1.165, 1.54) is 6.42 Å². The number of benzene rings is 1. The Kier molecular flexibility index (Phi) is 6.13. The number of hydrogen-bond donors (Lipinski definition) is 1. The molecule has 1 N–H and O–H groups in total. The third-order valence-electron chi connectivity index (χ3n) is 3.44. The molecule has 1 fully saturated rings. The summed E-state index contributed by atoms with van der Waals surface area (Å²) in [7, 11) is 0. The van der Waals surface area contributed by atoms with Crippen LogP contribution in [0.4, 0.5) is 0 Å². The van der Waals surface area contributed by atoms with Gasteiger partial charge in [-0.2, -0.15) is 0 Å². The van der Waals surface area contributed by atoms with Gasteiger partial charge in [-0.25, -0.2) is 0 Å². The lowest BCUT2D eigenvalue weighted by atomic mass is 10.1. The molecule has 1 aromatic rings. The van der Waals surface area contributed by atoms with E-state index in [1.54, 1.807) is 0 Å². The Morgan fingerprint density at radius 1 is 1.15 bits per heavy atom. The maximum absolute atomic E-state index is 11.9. The average molecular weight is 270 g/mol. The van der Waals surface area contributed by atoms with E-state index in [0.29, 0.717) is 19.5 Å². The van der Waals surface area contributed by atoms with Crippen molar-refractivity contribution >= 4 is 5.91 Å². The van der Waals surface area contributed by atoms with E-state index in [9.17, 15) is 4.79 Å². The fourth-order valence-corrected chi connectivity index (χ4v) is 2.32. The lowest BCUT2D eigenvalue weighted by molar-refractivity contribution is -0.131. The van der Waals surface area contributed by atoms with Crippen molar-refractivity contribution in [2.45, 2.75) is 25.7 Å². The predicted octanol–water partition coefficient (Wildman–Crippen LogP) is 2.03. The fourth-order valence-electron chi connectivity index (χ4n) is 2.32. The smallest absolute Gasteiger partial charge is 0.223 e. The normalized spacial score (nSPS) is 14.5. The fraction of sp³-hybridized carbons (Fsp3) is 0.471. The van der Waals surface area contributed by atoms with Gasteiger partial charge in [0.15, 0.2) is 0 Å². The van der Waals surface area contributed by atoms with Crippen molar-refractivity contribution in [2.75, 3.05) is 26.2 Å². The molecular formula is C17H22N2O. The molecule has 3 heteroatoms. The van der Waals surface area contributed by atoms with E-state index in [0.717, 1.165) is 31.5 Å². The molecule has 1 aliphatic heterocycles. The van der Waals surface area contributed by atoms with Crippen LogP contribution in [0.5, 0.6) is 0 Å². The highest BCUT2D eigenvalue weighted by molar-refractivity contribution is 5.76. The highest BCUT2D eigenvalue weighted by Gasteiger charge is 2.15. The van der Waals surface area contributed by atoms with Crippen LogP contribution in [0.15, 0.2) is 30.3 Å². The number of rotatable bonds is 4. The van der Waals surface area contributed by atoms with Crippen molar-refractivity contribution in [3.05, 3.63) is 35.9 Å². The van der Waals surface area contributed by atoms with Crippen molar-refractivity contribution in [2.24, 2.45) is 0 Å².